The molecule has 1 aromatic heterocycles. The second-order valence-electron chi connectivity index (χ2n) is 3.06. The van der Waals surface area contributed by atoms with E-state index in [1.165, 1.54) is 4.57 Å². The number of hydrogen-bond donors (Lipinski definition) is 1. The zero-order chi connectivity index (χ0) is 8.72. The van der Waals surface area contributed by atoms with Crippen LogP contribution in [0.3, 0.4) is 0 Å². The highest BCUT2D eigenvalue weighted by molar-refractivity contribution is 5.17. The fraction of sp³-hybridized carbons (Fsp3) is 0.571. The molecule has 1 aliphatic carbocycles. The molecule has 0 aliphatic heterocycles. The van der Waals surface area contributed by atoms with E-state index in [9.17, 15) is 4.79 Å². The van der Waals surface area contributed by atoms with Gasteiger partial charge in [-0.05, 0) is 12.8 Å². The highest BCUT2D eigenvalue weighted by atomic mass is 16.1. The quantitative estimate of drug-likeness (QED) is 0.618. The van der Waals surface area contributed by atoms with Crippen LogP contribution in [-0.2, 0) is 7.05 Å². The topological polar surface area (TPSA) is 73.8 Å². The normalized spacial score (nSPS) is 16.4. The van der Waals surface area contributed by atoms with Crippen molar-refractivity contribution in [2.24, 2.45) is 7.05 Å². The summed E-state index contributed by atoms with van der Waals surface area (Å²) in [6.45, 7) is 0. The molecular weight excluding hydrogens is 156 g/mol. The number of nitrogens with zero attached hydrogens (tertiary/aromatic N) is 3. The van der Waals surface area contributed by atoms with Gasteiger partial charge in [0.15, 0.2) is 0 Å². The number of anilines is 1. The Morgan fingerprint density at radius 3 is 2.75 bits per heavy atom. The summed E-state index contributed by atoms with van der Waals surface area (Å²) in [7, 11) is 1.68. The lowest BCUT2D eigenvalue weighted by Crippen LogP contribution is -2.25. The van der Waals surface area contributed by atoms with Gasteiger partial charge in [0.1, 0.15) is 5.82 Å². The second-order valence-corrected chi connectivity index (χ2v) is 3.06. The lowest BCUT2D eigenvalue weighted by Gasteiger charge is -2.03. The maximum atomic E-state index is 11.1. The van der Waals surface area contributed by atoms with Crippen molar-refractivity contribution in [3.8, 4) is 0 Å². The van der Waals surface area contributed by atoms with Crippen molar-refractivity contribution in [2.75, 3.05) is 5.73 Å². The molecule has 5 heteroatoms. The summed E-state index contributed by atoms with van der Waals surface area (Å²) < 4.78 is 1.47. The van der Waals surface area contributed by atoms with Gasteiger partial charge in [0.05, 0.1) is 0 Å². The van der Waals surface area contributed by atoms with E-state index in [4.69, 9.17) is 5.73 Å². The highest BCUT2D eigenvalue weighted by Gasteiger charge is 2.28. The molecule has 0 amide bonds. The molecule has 0 atom stereocenters. The van der Waals surface area contributed by atoms with Crippen molar-refractivity contribution in [2.45, 2.75) is 18.8 Å². The Morgan fingerprint density at radius 1 is 1.50 bits per heavy atom. The fourth-order valence-corrected chi connectivity index (χ4v) is 1.20. The Labute approximate surface area is 69.3 Å². The first-order valence-electron chi connectivity index (χ1n) is 3.89. The number of nitrogen functional groups attached to an aromatic ring is 1. The molecule has 1 heterocycles. The van der Waals surface area contributed by atoms with Gasteiger partial charge in [-0.1, -0.05) is 0 Å². The Bertz CT molecular complexity index is 366. The summed E-state index contributed by atoms with van der Waals surface area (Å²) in [5.74, 6) is 1.28. The van der Waals surface area contributed by atoms with Gasteiger partial charge in [-0.2, -0.15) is 9.97 Å². The number of nitrogens with two attached hydrogens (primary N) is 1. The molecule has 0 saturated heterocycles. The Hall–Kier alpha value is -1.39. The van der Waals surface area contributed by atoms with Crippen LogP contribution in [0, 0.1) is 0 Å². The summed E-state index contributed by atoms with van der Waals surface area (Å²) in [4.78, 5) is 18.7. The third-order valence-corrected chi connectivity index (χ3v) is 2.01. The van der Waals surface area contributed by atoms with E-state index in [0.717, 1.165) is 18.7 Å². The first-order valence-corrected chi connectivity index (χ1v) is 3.89. The van der Waals surface area contributed by atoms with Crippen LogP contribution in [-0.4, -0.2) is 14.5 Å². The third kappa shape index (κ3) is 1.07. The molecule has 2 rings (SSSR count). The van der Waals surface area contributed by atoms with Gasteiger partial charge in [0, 0.05) is 13.0 Å². The van der Waals surface area contributed by atoms with Crippen molar-refractivity contribution in [3.05, 3.63) is 16.3 Å². The van der Waals surface area contributed by atoms with Gasteiger partial charge >= 0.3 is 5.69 Å². The predicted molar refractivity (Wildman–Crippen MR) is 43.7 cm³/mol. The molecule has 1 saturated carbocycles. The largest absolute Gasteiger partial charge is 0.368 e. The molecule has 1 fully saturated rings. The van der Waals surface area contributed by atoms with E-state index in [2.05, 4.69) is 9.97 Å². The maximum Gasteiger partial charge on any atom is 0.351 e. The predicted octanol–water partition coefficient (Wildman–Crippen LogP) is -0.365. The average molecular weight is 166 g/mol. The zero-order valence-electron chi connectivity index (χ0n) is 6.82. The van der Waals surface area contributed by atoms with Gasteiger partial charge in [0.2, 0.25) is 5.95 Å². The van der Waals surface area contributed by atoms with Crippen molar-refractivity contribution in [1.82, 2.24) is 14.5 Å². The van der Waals surface area contributed by atoms with Crippen LogP contribution < -0.4 is 11.4 Å². The minimum absolute atomic E-state index is 0.0833. The molecule has 0 bridgehead atoms. The Morgan fingerprint density at radius 2 is 2.17 bits per heavy atom. The van der Waals surface area contributed by atoms with Gasteiger partial charge in [-0.3, -0.25) is 4.57 Å². The van der Waals surface area contributed by atoms with Crippen LogP contribution in [0.15, 0.2) is 4.79 Å². The third-order valence-electron chi connectivity index (χ3n) is 2.01. The summed E-state index contributed by atoms with van der Waals surface area (Å²) in [5.41, 5.74) is 5.04. The molecule has 1 aliphatic rings. The van der Waals surface area contributed by atoms with Gasteiger partial charge < -0.3 is 5.73 Å². The molecule has 1 aromatic rings. The van der Waals surface area contributed by atoms with Crippen molar-refractivity contribution in [3.63, 3.8) is 0 Å². The average Bonchev–Trinajstić information content (AvgIpc) is 2.79. The summed E-state index contributed by atoms with van der Waals surface area (Å²) in [5, 5.41) is 0. The molecule has 0 unspecified atom stereocenters. The van der Waals surface area contributed by atoms with E-state index in [1.54, 1.807) is 7.05 Å². The van der Waals surface area contributed by atoms with Crippen molar-refractivity contribution < 1.29 is 0 Å². The SMILES string of the molecule is Cn1c(C2CC2)nc(N)nc1=O. The first-order chi connectivity index (χ1) is 5.68. The van der Waals surface area contributed by atoms with E-state index in [1.807, 2.05) is 0 Å². The number of hydrogen-bond acceptors (Lipinski definition) is 4. The monoisotopic (exact) mass is 166 g/mol. The van der Waals surface area contributed by atoms with Crippen LogP contribution in [0.1, 0.15) is 24.6 Å². The smallest absolute Gasteiger partial charge is 0.351 e. The number of rotatable bonds is 1. The molecule has 5 nitrogen and oxygen atoms in total. The van der Waals surface area contributed by atoms with E-state index in [-0.39, 0.29) is 11.6 Å². The summed E-state index contributed by atoms with van der Waals surface area (Å²) in [6.07, 6.45) is 2.20. The lowest BCUT2D eigenvalue weighted by molar-refractivity contribution is 0.698. The maximum absolute atomic E-state index is 11.1. The first kappa shape index (κ1) is 7.27. The lowest BCUT2D eigenvalue weighted by atomic mass is 10.4. The summed E-state index contributed by atoms with van der Waals surface area (Å²) in [6, 6.07) is 0. The van der Waals surface area contributed by atoms with Crippen LogP contribution >= 0.6 is 0 Å². The van der Waals surface area contributed by atoms with E-state index >= 15 is 0 Å². The van der Waals surface area contributed by atoms with Crippen molar-refractivity contribution >= 4 is 5.95 Å². The Balaban J connectivity index is 2.58. The minimum Gasteiger partial charge on any atom is -0.368 e. The van der Waals surface area contributed by atoms with Crippen LogP contribution in [0.2, 0.25) is 0 Å². The minimum atomic E-state index is -0.315. The molecule has 2 N–H and O–H groups in total. The molecule has 0 aromatic carbocycles. The molecular formula is C7H10N4O. The number of aromatic nitrogens is 3. The standard InChI is InChI=1S/C7H10N4O/c1-11-5(4-2-3-4)9-6(8)10-7(11)12/h4H,2-3H2,1H3,(H2,8,10,12). The van der Waals surface area contributed by atoms with Gasteiger partial charge in [0.25, 0.3) is 0 Å². The zero-order valence-corrected chi connectivity index (χ0v) is 6.82. The van der Waals surface area contributed by atoms with Gasteiger partial charge in [-0.15, -0.1) is 0 Å². The van der Waals surface area contributed by atoms with Gasteiger partial charge in [-0.25, -0.2) is 4.79 Å². The van der Waals surface area contributed by atoms with E-state index in [0.29, 0.717) is 5.92 Å². The van der Waals surface area contributed by atoms with Crippen LogP contribution in [0.4, 0.5) is 5.95 Å². The molecule has 0 spiro atoms. The molecule has 12 heavy (non-hydrogen) atoms. The van der Waals surface area contributed by atoms with Crippen LogP contribution in [0.5, 0.6) is 0 Å². The summed E-state index contributed by atoms with van der Waals surface area (Å²) >= 11 is 0. The molecule has 0 radical (unpaired) electrons. The molecule has 64 valence electrons. The van der Waals surface area contributed by atoms with Crippen molar-refractivity contribution in [1.29, 1.82) is 0 Å². The highest BCUT2D eigenvalue weighted by Crippen LogP contribution is 2.38. The Kier molecular flexibility index (Phi) is 1.39. The van der Waals surface area contributed by atoms with Crippen LogP contribution in [0.25, 0.3) is 0 Å². The fourth-order valence-electron chi connectivity index (χ4n) is 1.20. The van der Waals surface area contributed by atoms with E-state index < -0.39 is 0 Å². The second kappa shape index (κ2) is 2.30.